The smallest absolute Gasteiger partial charge is 0.245 e. The van der Waals surface area contributed by atoms with Crippen LogP contribution in [-0.2, 0) is 4.74 Å². The lowest BCUT2D eigenvalue weighted by atomic mass is 10.1. The molecule has 1 aromatic carbocycles. The third kappa shape index (κ3) is 1.78. The molecule has 2 aromatic rings. The Bertz CT molecular complexity index is 659. The second-order valence-corrected chi connectivity index (χ2v) is 4.38. The van der Waals surface area contributed by atoms with E-state index < -0.39 is 0 Å². The van der Waals surface area contributed by atoms with Crippen molar-refractivity contribution in [1.29, 1.82) is 0 Å². The van der Waals surface area contributed by atoms with Crippen molar-refractivity contribution in [2.75, 3.05) is 6.61 Å². The molecular formula is C15H13NO2. The van der Waals surface area contributed by atoms with E-state index in [0.29, 0.717) is 18.1 Å². The number of carbonyl (C=O) groups excluding carboxylic acids is 1. The van der Waals surface area contributed by atoms with Gasteiger partial charge in [-0.15, -0.1) is 0 Å². The van der Waals surface area contributed by atoms with E-state index in [2.05, 4.69) is 4.98 Å². The normalized spacial score (nSPS) is 14.4. The molecule has 1 aliphatic heterocycles. The zero-order chi connectivity index (χ0) is 12.5. The van der Waals surface area contributed by atoms with Crippen molar-refractivity contribution in [3.8, 4) is 0 Å². The topological polar surface area (TPSA) is 39.2 Å². The minimum Gasteiger partial charge on any atom is -0.489 e. The van der Waals surface area contributed by atoms with Crippen LogP contribution in [0.25, 0.3) is 10.9 Å². The molecule has 3 rings (SSSR count). The molecule has 0 unspecified atom stereocenters. The molecule has 0 N–H and O–H groups in total. The van der Waals surface area contributed by atoms with Crippen LogP contribution in [0.1, 0.15) is 22.5 Å². The zero-order valence-corrected chi connectivity index (χ0v) is 10.1. The summed E-state index contributed by atoms with van der Waals surface area (Å²) in [6, 6.07) is 9.66. The number of aromatic nitrogens is 1. The van der Waals surface area contributed by atoms with Gasteiger partial charge in [0.05, 0.1) is 12.1 Å². The van der Waals surface area contributed by atoms with Crippen molar-refractivity contribution in [3.63, 3.8) is 0 Å². The van der Waals surface area contributed by atoms with E-state index in [0.717, 1.165) is 22.9 Å². The lowest BCUT2D eigenvalue weighted by Gasteiger charge is -2.06. The van der Waals surface area contributed by atoms with Crippen LogP contribution in [0.15, 0.2) is 42.2 Å². The fourth-order valence-corrected chi connectivity index (χ4v) is 2.17. The van der Waals surface area contributed by atoms with Crippen LogP contribution in [-0.4, -0.2) is 17.4 Å². The monoisotopic (exact) mass is 239 g/mol. The summed E-state index contributed by atoms with van der Waals surface area (Å²) >= 11 is 0. The molecule has 18 heavy (non-hydrogen) atoms. The summed E-state index contributed by atoms with van der Waals surface area (Å²) in [5.41, 5.74) is 2.36. The first-order valence-electron chi connectivity index (χ1n) is 6.00. The van der Waals surface area contributed by atoms with Crippen molar-refractivity contribution in [3.05, 3.63) is 53.4 Å². The Balaban J connectivity index is 2.10. The molecule has 0 amide bonds. The van der Waals surface area contributed by atoms with Gasteiger partial charge in [0.2, 0.25) is 5.78 Å². The van der Waals surface area contributed by atoms with E-state index in [4.69, 9.17) is 4.74 Å². The lowest BCUT2D eigenvalue weighted by molar-refractivity contribution is 0.0938. The SMILES string of the molecule is Cc1cc(C(=O)C2=CCCO2)nc2ccccc12. The highest BCUT2D eigenvalue weighted by Gasteiger charge is 2.19. The van der Waals surface area contributed by atoms with Crippen molar-refractivity contribution < 1.29 is 9.53 Å². The maximum atomic E-state index is 12.2. The van der Waals surface area contributed by atoms with Crippen molar-refractivity contribution in [2.45, 2.75) is 13.3 Å². The van der Waals surface area contributed by atoms with Crippen molar-refractivity contribution in [2.24, 2.45) is 0 Å². The third-order valence-electron chi connectivity index (χ3n) is 3.08. The minimum absolute atomic E-state index is 0.124. The Morgan fingerprint density at radius 2 is 2.17 bits per heavy atom. The van der Waals surface area contributed by atoms with Crippen molar-refractivity contribution >= 4 is 16.7 Å². The Labute approximate surface area is 105 Å². The quantitative estimate of drug-likeness (QED) is 0.756. The molecule has 0 fully saturated rings. The highest BCUT2D eigenvalue weighted by atomic mass is 16.5. The van der Waals surface area contributed by atoms with Crippen LogP contribution in [0.4, 0.5) is 0 Å². The minimum atomic E-state index is -0.124. The molecule has 3 nitrogen and oxygen atoms in total. The summed E-state index contributed by atoms with van der Waals surface area (Å²) in [4.78, 5) is 16.6. The average Bonchev–Trinajstić information content (AvgIpc) is 2.91. The number of benzene rings is 1. The molecule has 2 heterocycles. The Morgan fingerprint density at radius 3 is 2.94 bits per heavy atom. The molecule has 0 aliphatic carbocycles. The Hall–Kier alpha value is -2.16. The molecule has 1 aliphatic rings. The van der Waals surface area contributed by atoms with Gasteiger partial charge < -0.3 is 4.74 Å². The Morgan fingerprint density at radius 1 is 1.33 bits per heavy atom. The molecule has 0 saturated carbocycles. The number of ether oxygens (including phenoxy) is 1. The summed E-state index contributed by atoms with van der Waals surface area (Å²) in [6.07, 6.45) is 2.63. The zero-order valence-electron chi connectivity index (χ0n) is 10.1. The number of rotatable bonds is 2. The maximum Gasteiger partial charge on any atom is 0.245 e. The van der Waals surface area contributed by atoms with Gasteiger partial charge in [-0.3, -0.25) is 4.79 Å². The van der Waals surface area contributed by atoms with E-state index in [1.54, 1.807) is 0 Å². The van der Waals surface area contributed by atoms with E-state index in [-0.39, 0.29) is 5.78 Å². The second-order valence-electron chi connectivity index (χ2n) is 4.38. The molecule has 90 valence electrons. The van der Waals surface area contributed by atoms with Crippen LogP contribution < -0.4 is 0 Å². The standard InChI is InChI=1S/C15H13NO2/c1-10-9-13(15(17)14-7-4-8-18-14)16-12-6-3-2-5-11(10)12/h2-3,5-7,9H,4,8H2,1H3. The number of hydrogen-bond acceptors (Lipinski definition) is 3. The highest BCUT2D eigenvalue weighted by Crippen LogP contribution is 2.20. The number of fused-ring (bicyclic) bond motifs is 1. The Kier molecular flexibility index (Phi) is 2.59. The number of para-hydroxylation sites is 1. The maximum absolute atomic E-state index is 12.2. The predicted octanol–water partition coefficient (Wildman–Crippen LogP) is 3.03. The summed E-state index contributed by atoms with van der Waals surface area (Å²) < 4.78 is 5.29. The van der Waals surface area contributed by atoms with Gasteiger partial charge >= 0.3 is 0 Å². The largest absolute Gasteiger partial charge is 0.489 e. The van der Waals surface area contributed by atoms with E-state index in [1.165, 1.54) is 0 Å². The van der Waals surface area contributed by atoms with Crippen LogP contribution in [0.5, 0.6) is 0 Å². The van der Waals surface area contributed by atoms with Gasteiger partial charge in [0.25, 0.3) is 0 Å². The number of allylic oxidation sites excluding steroid dienone is 1. The molecule has 3 heteroatoms. The van der Waals surface area contributed by atoms with Gasteiger partial charge in [0, 0.05) is 11.8 Å². The van der Waals surface area contributed by atoms with Gasteiger partial charge in [0.1, 0.15) is 5.69 Å². The first-order chi connectivity index (χ1) is 8.75. The molecule has 0 spiro atoms. The number of hydrogen-bond donors (Lipinski definition) is 0. The van der Waals surface area contributed by atoms with Crippen LogP contribution in [0, 0.1) is 6.92 Å². The first kappa shape index (κ1) is 11.0. The van der Waals surface area contributed by atoms with Gasteiger partial charge in [-0.1, -0.05) is 18.2 Å². The fourth-order valence-electron chi connectivity index (χ4n) is 2.17. The highest BCUT2D eigenvalue weighted by molar-refractivity contribution is 6.07. The van der Waals surface area contributed by atoms with Gasteiger partial charge in [-0.05, 0) is 30.7 Å². The number of aryl methyl sites for hydroxylation is 1. The van der Waals surface area contributed by atoms with E-state index in [1.807, 2.05) is 43.3 Å². The molecule has 1 aromatic heterocycles. The molecular weight excluding hydrogens is 226 g/mol. The molecule has 0 saturated heterocycles. The predicted molar refractivity (Wildman–Crippen MR) is 69.5 cm³/mol. The summed E-state index contributed by atoms with van der Waals surface area (Å²) in [6.45, 7) is 2.58. The number of nitrogens with zero attached hydrogens (tertiary/aromatic N) is 1. The van der Waals surface area contributed by atoms with E-state index >= 15 is 0 Å². The molecule has 0 radical (unpaired) electrons. The van der Waals surface area contributed by atoms with Crippen LogP contribution in [0.2, 0.25) is 0 Å². The number of pyridine rings is 1. The van der Waals surface area contributed by atoms with Gasteiger partial charge in [-0.25, -0.2) is 4.98 Å². The fraction of sp³-hybridized carbons (Fsp3) is 0.200. The molecule has 0 bridgehead atoms. The lowest BCUT2D eigenvalue weighted by Crippen LogP contribution is -2.07. The van der Waals surface area contributed by atoms with Crippen molar-refractivity contribution in [1.82, 2.24) is 4.98 Å². The number of carbonyl (C=O) groups is 1. The second kappa shape index (κ2) is 4.26. The summed E-state index contributed by atoms with van der Waals surface area (Å²) in [7, 11) is 0. The summed E-state index contributed by atoms with van der Waals surface area (Å²) in [5.74, 6) is 0.304. The van der Waals surface area contributed by atoms with Gasteiger partial charge in [-0.2, -0.15) is 0 Å². The summed E-state index contributed by atoms with van der Waals surface area (Å²) in [5, 5.41) is 1.08. The average molecular weight is 239 g/mol. The third-order valence-corrected chi connectivity index (χ3v) is 3.08. The number of ketones is 1. The van der Waals surface area contributed by atoms with E-state index in [9.17, 15) is 4.79 Å². The molecule has 0 atom stereocenters. The van der Waals surface area contributed by atoms with Crippen LogP contribution >= 0.6 is 0 Å². The van der Waals surface area contributed by atoms with Crippen LogP contribution in [0.3, 0.4) is 0 Å². The number of Topliss-reactive ketones (excluding diaryl/α,β-unsaturated/α-hetero) is 1. The van der Waals surface area contributed by atoms with Gasteiger partial charge in [0.15, 0.2) is 5.76 Å². The first-order valence-corrected chi connectivity index (χ1v) is 6.00.